The molecular formula is C12H21NO4S2. The van der Waals surface area contributed by atoms with E-state index in [4.69, 9.17) is 9.47 Å². The molecule has 0 saturated carbocycles. The van der Waals surface area contributed by atoms with E-state index in [9.17, 15) is 8.42 Å². The molecule has 1 N–H and O–H groups in total. The molecule has 0 aliphatic carbocycles. The van der Waals surface area contributed by atoms with E-state index >= 15 is 0 Å². The minimum atomic E-state index is -3.35. The Morgan fingerprint density at radius 1 is 1.32 bits per heavy atom. The molecule has 1 heterocycles. The van der Waals surface area contributed by atoms with E-state index < -0.39 is 10.0 Å². The van der Waals surface area contributed by atoms with Crippen LogP contribution in [0.4, 0.5) is 0 Å². The van der Waals surface area contributed by atoms with Crippen molar-refractivity contribution in [2.45, 2.75) is 37.2 Å². The molecule has 0 aliphatic rings. The molecule has 0 bridgehead atoms. The van der Waals surface area contributed by atoms with Gasteiger partial charge in [0.15, 0.2) is 6.29 Å². The van der Waals surface area contributed by atoms with Gasteiger partial charge in [-0.25, -0.2) is 13.1 Å². The number of ether oxygens (including phenoxy) is 2. The summed E-state index contributed by atoms with van der Waals surface area (Å²) >= 11 is 1.21. The van der Waals surface area contributed by atoms with Crippen molar-refractivity contribution >= 4 is 21.4 Å². The normalized spacial score (nSPS) is 12.2. The van der Waals surface area contributed by atoms with Crippen LogP contribution in [0.15, 0.2) is 21.7 Å². The predicted molar refractivity (Wildman–Crippen MR) is 75.8 cm³/mol. The Kier molecular flexibility index (Phi) is 7.55. The van der Waals surface area contributed by atoms with Gasteiger partial charge < -0.3 is 9.47 Å². The van der Waals surface area contributed by atoms with Gasteiger partial charge >= 0.3 is 0 Å². The number of hydrogen-bond donors (Lipinski definition) is 1. The Labute approximate surface area is 119 Å². The Hall–Kier alpha value is -0.470. The molecule has 0 radical (unpaired) electrons. The van der Waals surface area contributed by atoms with E-state index in [0.717, 1.165) is 0 Å². The summed E-state index contributed by atoms with van der Waals surface area (Å²) in [4.78, 5) is 0. The first-order valence-electron chi connectivity index (χ1n) is 6.36. The van der Waals surface area contributed by atoms with Crippen LogP contribution in [0.1, 0.15) is 26.7 Å². The van der Waals surface area contributed by atoms with E-state index in [1.807, 2.05) is 13.8 Å². The SMILES string of the molecule is CCOC(CCCNS(=O)(=O)c1cccs1)OCC. The van der Waals surface area contributed by atoms with Crippen molar-refractivity contribution in [1.82, 2.24) is 4.72 Å². The van der Waals surface area contributed by atoms with Gasteiger partial charge in [0.1, 0.15) is 4.21 Å². The second kappa shape index (κ2) is 8.65. The van der Waals surface area contributed by atoms with Gasteiger partial charge in [0.05, 0.1) is 0 Å². The molecule has 0 amide bonds. The maximum atomic E-state index is 11.8. The highest BCUT2D eigenvalue weighted by Gasteiger charge is 2.14. The van der Waals surface area contributed by atoms with Crippen LogP contribution in [-0.2, 0) is 19.5 Å². The smallest absolute Gasteiger partial charge is 0.250 e. The summed E-state index contributed by atoms with van der Waals surface area (Å²) in [6, 6.07) is 3.32. The van der Waals surface area contributed by atoms with Crippen LogP contribution >= 0.6 is 11.3 Å². The van der Waals surface area contributed by atoms with Gasteiger partial charge in [0.25, 0.3) is 0 Å². The van der Waals surface area contributed by atoms with E-state index in [1.54, 1.807) is 17.5 Å². The Balaban J connectivity index is 2.30. The number of hydrogen-bond acceptors (Lipinski definition) is 5. The van der Waals surface area contributed by atoms with E-state index in [-0.39, 0.29) is 6.29 Å². The van der Waals surface area contributed by atoms with Crippen molar-refractivity contribution in [3.05, 3.63) is 17.5 Å². The Morgan fingerprint density at radius 3 is 2.53 bits per heavy atom. The third-order valence-corrected chi connectivity index (χ3v) is 5.23. The summed E-state index contributed by atoms with van der Waals surface area (Å²) < 4.78 is 37.3. The zero-order chi connectivity index (χ0) is 14.1. The molecule has 0 spiro atoms. The van der Waals surface area contributed by atoms with Crippen LogP contribution in [0, 0.1) is 0 Å². The maximum Gasteiger partial charge on any atom is 0.250 e. The molecule has 0 saturated heterocycles. The quantitative estimate of drug-likeness (QED) is 0.532. The molecule has 0 aliphatic heterocycles. The number of sulfonamides is 1. The fourth-order valence-electron chi connectivity index (χ4n) is 1.55. The van der Waals surface area contributed by atoms with Gasteiger partial charge in [0, 0.05) is 19.8 Å². The monoisotopic (exact) mass is 307 g/mol. The third-order valence-electron chi connectivity index (χ3n) is 2.37. The van der Waals surface area contributed by atoms with Crippen LogP contribution in [0.25, 0.3) is 0 Å². The largest absolute Gasteiger partial charge is 0.353 e. The van der Waals surface area contributed by atoms with Crippen molar-refractivity contribution in [1.29, 1.82) is 0 Å². The van der Waals surface area contributed by atoms with E-state index in [0.29, 0.717) is 36.8 Å². The molecule has 0 fully saturated rings. The number of rotatable bonds is 10. The summed E-state index contributed by atoms with van der Waals surface area (Å²) in [5.41, 5.74) is 0. The van der Waals surface area contributed by atoms with Gasteiger partial charge in [-0.1, -0.05) is 6.07 Å². The summed E-state index contributed by atoms with van der Waals surface area (Å²) in [5, 5.41) is 1.74. The molecule has 0 atom stereocenters. The first-order valence-corrected chi connectivity index (χ1v) is 8.72. The number of thiophene rings is 1. The van der Waals surface area contributed by atoms with Crippen LogP contribution < -0.4 is 4.72 Å². The lowest BCUT2D eigenvalue weighted by molar-refractivity contribution is -0.139. The second-order valence-electron chi connectivity index (χ2n) is 3.81. The van der Waals surface area contributed by atoms with Crippen LogP contribution in [0.2, 0.25) is 0 Å². The molecular weight excluding hydrogens is 286 g/mol. The topological polar surface area (TPSA) is 64.6 Å². The fraction of sp³-hybridized carbons (Fsp3) is 0.667. The average molecular weight is 307 g/mol. The van der Waals surface area contributed by atoms with Gasteiger partial charge in [-0.2, -0.15) is 0 Å². The maximum absolute atomic E-state index is 11.8. The standard InChI is InChI=1S/C12H21NO4S2/c1-3-16-11(17-4-2)7-5-9-13-19(14,15)12-8-6-10-18-12/h6,8,10-11,13H,3-5,7,9H2,1-2H3. The van der Waals surface area contributed by atoms with E-state index in [1.165, 1.54) is 11.3 Å². The van der Waals surface area contributed by atoms with Crippen molar-refractivity contribution < 1.29 is 17.9 Å². The number of nitrogens with one attached hydrogen (secondary N) is 1. The van der Waals surface area contributed by atoms with Crippen LogP contribution in [-0.4, -0.2) is 34.5 Å². The molecule has 1 aromatic heterocycles. The zero-order valence-electron chi connectivity index (χ0n) is 11.3. The van der Waals surface area contributed by atoms with Gasteiger partial charge in [-0.3, -0.25) is 0 Å². The summed E-state index contributed by atoms with van der Waals surface area (Å²) in [6.07, 6.45) is 1.10. The zero-order valence-corrected chi connectivity index (χ0v) is 12.9. The minimum Gasteiger partial charge on any atom is -0.353 e. The lowest BCUT2D eigenvalue weighted by Gasteiger charge is -2.16. The van der Waals surface area contributed by atoms with Gasteiger partial charge in [0.2, 0.25) is 10.0 Å². The first kappa shape index (κ1) is 16.6. The van der Waals surface area contributed by atoms with E-state index in [2.05, 4.69) is 4.72 Å². The first-order chi connectivity index (χ1) is 9.10. The lowest BCUT2D eigenvalue weighted by atomic mass is 10.3. The van der Waals surface area contributed by atoms with Gasteiger partial charge in [-0.05, 0) is 38.1 Å². The summed E-state index contributed by atoms with van der Waals surface area (Å²) in [5.74, 6) is 0. The predicted octanol–water partition coefficient (Wildman–Crippen LogP) is 2.21. The highest BCUT2D eigenvalue weighted by molar-refractivity contribution is 7.91. The Morgan fingerprint density at radius 2 is 2.00 bits per heavy atom. The second-order valence-corrected chi connectivity index (χ2v) is 6.75. The fourth-order valence-corrected chi connectivity index (χ4v) is 3.66. The van der Waals surface area contributed by atoms with Crippen molar-refractivity contribution in [3.8, 4) is 0 Å². The summed E-state index contributed by atoms with van der Waals surface area (Å²) in [7, 11) is -3.35. The molecule has 5 nitrogen and oxygen atoms in total. The molecule has 1 aromatic rings. The highest BCUT2D eigenvalue weighted by atomic mass is 32.2. The highest BCUT2D eigenvalue weighted by Crippen LogP contribution is 2.15. The van der Waals surface area contributed by atoms with Gasteiger partial charge in [-0.15, -0.1) is 11.3 Å². The lowest BCUT2D eigenvalue weighted by Crippen LogP contribution is -2.26. The van der Waals surface area contributed by atoms with Crippen molar-refractivity contribution in [2.24, 2.45) is 0 Å². The van der Waals surface area contributed by atoms with Crippen LogP contribution in [0.5, 0.6) is 0 Å². The Bertz CT molecular complexity index is 425. The van der Waals surface area contributed by atoms with Crippen LogP contribution in [0.3, 0.4) is 0 Å². The molecule has 1 rings (SSSR count). The van der Waals surface area contributed by atoms with Crippen molar-refractivity contribution in [3.63, 3.8) is 0 Å². The molecule has 19 heavy (non-hydrogen) atoms. The molecule has 110 valence electrons. The molecule has 0 aromatic carbocycles. The molecule has 7 heteroatoms. The van der Waals surface area contributed by atoms with Crippen molar-refractivity contribution in [2.75, 3.05) is 19.8 Å². The average Bonchev–Trinajstić information content (AvgIpc) is 2.89. The minimum absolute atomic E-state index is 0.249. The summed E-state index contributed by atoms with van der Waals surface area (Å²) in [6.45, 7) is 5.38. The molecule has 0 unspecified atom stereocenters. The third kappa shape index (κ3) is 6.01.